The first-order chi connectivity index (χ1) is 17.1. The Labute approximate surface area is 207 Å². The molecule has 0 atom stereocenters. The Balaban J connectivity index is 1.74. The number of benzene rings is 2. The van der Waals surface area contributed by atoms with E-state index in [1.54, 1.807) is 25.3 Å². The van der Waals surface area contributed by atoms with Gasteiger partial charge in [0.25, 0.3) is 0 Å². The highest BCUT2D eigenvalue weighted by Crippen LogP contribution is 2.37. The lowest BCUT2D eigenvalue weighted by molar-refractivity contribution is -0.137. The van der Waals surface area contributed by atoms with E-state index in [1.165, 1.54) is 19.4 Å². The monoisotopic (exact) mass is 496 g/mol. The first kappa shape index (κ1) is 25.5. The molecule has 0 amide bonds. The van der Waals surface area contributed by atoms with Crippen LogP contribution in [0.3, 0.4) is 0 Å². The molecule has 2 heterocycles. The molecule has 9 heteroatoms. The van der Waals surface area contributed by atoms with Crippen molar-refractivity contribution in [2.75, 3.05) is 26.1 Å². The molecule has 0 aliphatic carbocycles. The Morgan fingerprint density at radius 2 is 1.67 bits per heavy atom. The molecule has 188 valence electrons. The van der Waals surface area contributed by atoms with Gasteiger partial charge in [-0.05, 0) is 42.0 Å². The second kappa shape index (κ2) is 10.2. The van der Waals surface area contributed by atoms with Crippen LogP contribution < -0.4 is 5.32 Å². The minimum absolute atomic E-state index is 0.141. The summed E-state index contributed by atoms with van der Waals surface area (Å²) in [5.74, 6) is 0.930. The number of ether oxygens (including phenoxy) is 2. The molecule has 0 saturated heterocycles. The van der Waals surface area contributed by atoms with Crippen LogP contribution >= 0.6 is 0 Å². The van der Waals surface area contributed by atoms with E-state index in [-0.39, 0.29) is 17.7 Å². The van der Waals surface area contributed by atoms with Gasteiger partial charge in [-0.2, -0.15) is 13.2 Å². The minimum atomic E-state index is -4.53. The van der Waals surface area contributed by atoms with Crippen molar-refractivity contribution in [1.82, 2.24) is 15.0 Å². The number of hydrogen-bond donors (Lipinski definition) is 1. The van der Waals surface area contributed by atoms with E-state index in [0.717, 1.165) is 17.3 Å². The Kier molecular flexibility index (Phi) is 7.23. The third-order valence-corrected chi connectivity index (χ3v) is 5.84. The van der Waals surface area contributed by atoms with Crippen LogP contribution in [0.5, 0.6) is 0 Å². The molecule has 0 aliphatic rings. The molecule has 0 aliphatic heterocycles. The summed E-state index contributed by atoms with van der Waals surface area (Å²) in [6.07, 6.45) is -3.18. The number of halogens is 3. The van der Waals surface area contributed by atoms with Crippen molar-refractivity contribution in [3.63, 3.8) is 0 Å². The predicted molar refractivity (Wildman–Crippen MR) is 133 cm³/mol. The molecule has 0 saturated carbocycles. The van der Waals surface area contributed by atoms with Gasteiger partial charge in [0, 0.05) is 42.5 Å². The zero-order valence-corrected chi connectivity index (χ0v) is 20.5. The van der Waals surface area contributed by atoms with Gasteiger partial charge in [-0.1, -0.05) is 32.0 Å². The summed E-state index contributed by atoms with van der Waals surface area (Å²) in [7, 11) is 3.21. The van der Waals surface area contributed by atoms with Crippen LogP contribution in [0.25, 0.3) is 22.2 Å². The van der Waals surface area contributed by atoms with Crippen molar-refractivity contribution < 1.29 is 22.6 Å². The molecule has 0 spiro atoms. The van der Waals surface area contributed by atoms with E-state index in [4.69, 9.17) is 9.47 Å². The van der Waals surface area contributed by atoms with Crippen LogP contribution in [-0.4, -0.2) is 35.8 Å². The maximum Gasteiger partial charge on any atom is 0.418 e. The molecule has 6 nitrogen and oxygen atoms in total. The van der Waals surface area contributed by atoms with Crippen molar-refractivity contribution >= 4 is 22.4 Å². The summed E-state index contributed by atoms with van der Waals surface area (Å²) >= 11 is 0. The predicted octanol–water partition coefficient (Wildman–Crippen LogP) is 6.52. The topological polar surface area (TPSA) is 69.2 Å². The van der Waals surface area contributed by atoms with E-state index in [2.05, 4.69) is 34.1 Å². The Hall–Kier alpha value is -3.56. The first-order valence-electron chi connectivity index (χ1n) is 11.3. The molecule has 36 heavy (non-hydrogen) atoms. The number of methoxy groups -OCH3 is 2. The molecule has 1 N–H and O–H groups in total. The van der Waals surface area contributed by atoms with Crippen molar-refractivity contribution in [3.8, 4) is 11.3 Å². The lowest BCUT2D eigenvalue weighted by atomic mass is 9.85. The Morgan fingerprint density at radius 1 is 0.917 bits per heavy atom. The molecule has 4 rings (SSSR count). The van der Waals surface area contributed by atoms with Gasteiger partial charge in [-0.15, -0.1) is 0 Å². The van der Waals surface area contributed by atoms with Crippen LogP contribution in [-0.2, 0) is 27.7 Å². The number of rotatable bonds is 8. The fourth-order valence-electron chi connectivity index (χ4n) is 4.06. The quantitative estimate of drug-likeness (QED) is 0.299. The highest BCUT2D eigenvalue weighted by atomic mass is 19.4. The van der Waals surface area contributed by atoms with Crippen molar-refractivity contribution in [2.24, 2.45) is 0 Å². The van der Waals surface area contributed by atoms with E-state index in [1.807, 2.05) is 24.3 Å². The summed E-state index contributed by atoms with van der Waals surface area (Å²) in [5, 5.41) is 3.98. The number of aromatic nitrogens is 3. The molecule has 2 aromatic heterocycles. The minimum Gasteiger partial charge on any atom is -0.384 e. The van der Waals surface area contributed by atoms with Crippen LogP contribution in [0.4, 0.5) is 24.7 Å². The first-order valence-corrected chi connectivity index (χ1v) is 11.3. The third-order valence-electron chi connectivity index (χ3n) is 5.84. The third kappa shape index (κ3) is 5.47. The number of fused-ring (bicyclic) bond motifs is 1. The molecule has 0 bridgehead atoms. The fraction of sp³-hybridized carbons (Fsp3) is 0.296. The number of hydrogen-bond acceptors (Lipinski definition) is 6. The van der Waals surface area contributed by atoms with Gasteiger partial charge in [0.1, 0.15) is 12.4 Å². The van der Waals surface area contributed by atoms with Gasteiger partial charge in [0.2, 0.25) is 0 Å². The van der Waals surface area contributed by atoms with E-state index in [0.29, 0.717) is 34.7 Å². The summed E-state index contributed by atoms with van der Waals surface area (Å²) < 4.78 is 51.2. The van der Waals surface area contributed by atoms with Crippen molar-refractivity contribution in [3.05, 3.63) is 77.7 Å². The van der Waals surface area contributed by atoms with Crippen molar-refractivity contribution in [1.29, 1.82) is 0 Å². The molecule has 0 radical (unpaired) electrons. The molecule has 0 fully saturated rings. The second-order valence-corrected chi connectivity index (χ2v) is 9.07. The van der Waals surface area contributed by atoms with Crippen LogP contribution in [0.1, 0.15) is 30.8 Å². The summed E-state index contributed by atoms with van der Waals surface area (Å²) in [4.78, 5) is 13.1. The highest BCUT2D eigenvalue weighted by Gasteiger charge is 2.34. The fourth-order valence-corrected chi connectivity index (χ4v) is 4.06. The van der Waals surface area contributed by atoms with Gasteiger partial charge in [-0.25, -0.2) is 9.97 Å². The lowest BCUT2D eigenvalue weighted by Gasteiger charge is -2.24. The SMILES string of the molecule is COCc1nc(Nc2ccc(C(C)(C)COC)cc2)c2ccc(-c3ncccc3C(F)(F)F)cc2n1. The summed E-state index contributed by atoms with van der Waals surface area (Å²) in [6, 6.07) is 15.1. The molecular weight excluding hydrogens is 469 g/mol. The van der Waals surface area contributed by atoms with Crippen LogP contribution in [0, 0.1) is 0 Å². The van der Waals surface area contributed by atoms with E-state index < -0.39 is 11.7 Å². The number of pyridine rings is 1. The average Bonchev–Trinajstić information content (AvgIpc) is 2.84. The molecule has 4 aromatic rings. The van der Waals surface area contributed by atoms with E-state index >= 15 is 0 Å². The van der Waals surface area contributed by atoms with Gasteiger partial charge >= 0.3 is 6.18 Å². The largest absolute Gasteiger partial charge is 0.418 e. The number of alkyl halides is 3. The second-order valence-electron chi connectivity index (χ2n) is 9.07. The zero-order valence-electron chi connectivity index (χ0n) is 20.5. The van der Waals surface area contributed by atoms with Gasteiger partial charge in [0.05, 0.1) is 23.4 Å². The van der Waals surface area contributed by atoms with E-state index in [9.17, 15) is 13.2 Å². The molecular formula is C27H27F3N4O2. The Bertz CT molecular complexity index is 1360. The van der Waals surface area contributed by atoms with Crippen molar-refractivity contribution in [2.45, 2.75) is 32.0 Å². The average molecular weight is 497 g/mol. The smallest absolute Gasteiger partial charge is 0.384 e. The number of nitrogens with zero attached hydrogens (tertiary/aromatic N) is 3. The van der Waals surface area contributed by atoms with Gasteiger partial charge < -0.3 is 14.8 Å². The summed E-state index contributed by atoms with van der Waals surface area (Å²) in [5.41, 5.74) is 1.64. The highest BCUT2D eigenvalue weighted by molar-refractivity contribution is 5.93. The Morgan fingerprint density at radius 3 is 2.33 bits per heavy atom. The molecule has 2 aromatic carbocycles. The van der Waals surface area contributed by atoms with Crippen LogP contribution in [0.2, 0.25) is 0 Å². The summed E-state index contributed by atoms with van der Waals surface area (Å²) in [6.45, 7) is 4.95. The number of anilines is 2. The maximum atomic E-state index is 13.6. The zero-order chi connectivity index (χ0) is 25.9. The van der Waals surface area contributed by atoms with Gasteiger partial charge in [0.15, 0.2) is 5.82 Å². The lowest BCUT2D eigenvalue weighted by Crippen LogP contribution is -2.23. The normalized spacial score (nSPS) is 12.2. The van der Waals surface area contributed by atoms with Gasteiger partial charge in [-0.3, -0.25) is 4.98 Å². The standard InChI is InChI=1S/C27H27F3N4O2/c1-26(2,16-36-4)18-8-10-19(11-9-18)32-25-20-12-7-17(14-22(20)33-23(34-25)15-35-3)24-21(27(28,29)30)6-5-13-31-24/h5-14H,15-16H2,1-4H3,(H,32,33,34). The maximum absolute atomic E-state index is 13.6. The molecule has 0 unspecified atom stereocenters. The van der Waals surface area contributed by atoms with Crippen LogP contribution in [0.15, 0.2) is 60.8 Å². The number of nitrogens with one attached hydrogen (secondary N) is 1.